The monoisotopic (exact) mass is 747 g/mol. The van der Waals surface area contributed by atoms with Gasteiger partial charge in [-0.25, -0.2) is 13.2 Å². The third-order valence-corrected chi connectivity index (χ3v) is 13.9. The molecule has 5 amide bonds. The quantitative estimate of drug-likeness (QED) is 0.164. The Morgan fingerprint density at radius 2 is 1.61 bits per heavy atom. The van der Waals surface area contributed by atoms with Gasteiger partial charge >= 0.3 is 6.03 Å². The molecule has 15 heteroatoms. The maximum Gasteiger partial charge on any atom is 0.315 e. The molecule has 4 fully saturated rings. The Kier molecular flexibility index (Phi) is 13.0. The van der Waals surface area contributed by atoms with Gasteiger partial charge < -0.3 is 26.2 Å². The van der Waals surface area contributed by atoms with Gasteiger partial charge in [0.25, 0.3) is 5.91 Å². The lowest BCUT2D eigenvalue weighted by atomic mass is 9.78. The molecule has 2 saturated heterocycles. The molecule has 2 saturated carbocycles. The van der Waals surface area contributed by atoms with E-state index in [1.165, 1.54) is 4.90 Å². The van der Waals surface area contributed by atoms with Gasteiger partial charge in [0.15, 0.2) is 9.84 Å². The van der Waals surface area contributed by atoms with Gasteiger partial charge in [-0.05, 0) is 56.3 Å². The highest BCUT2D eigenvalue weighted by Crippen LogP contribution is 2.40. The summed E-state index contributed by atoms with van der Waals surface area (Å²) in [5, 5.41) is 10.7. The van der Waals surface area contributed by atoms with Crippen molar-refractivity contribution >= 4 is 62.6 Å². The van der Waals surface area contributed by atoms with Gasteiger partial charge in [0.1, 0.15) is 16.9 Å². The first-order chi connectivity index (χ1) is 22.9. The molecule has 0 aromatic heterocycles. The number of Topliss-reactive ketones (excluding diaryl/α,β-unsaturated/α-hetero) is 1. The van der Waals surface area contributed by atoms with Crippen LogP contribution in [0.25, 0.3) is 0 Å². The number of nitrogens with zero attached hydrogens (tertiary/aromatic N) is 1. The van der Waals surface area contributed by atoms with Crippen LogP contribution in [0.2, 0.25) is 0 Å². The molecule has 4 rings (SSSR count). The number of carbonyl (C=O) groups is 5. The van der Waals surface area contributed by atoms with E-state index in [1.54, 1.807) is 27.7 Å². The zero-order valence-electron chi connectivity index (χ0n) is 29.5. The minimum absolute atomic E-state index is 0.0262. The number of rotatable bonds is 13. The molecule has 2 heterocycles. The summed E-state index contributed by atoms with van der Waals surface area (Å²) in [6, 6.07) is -3.93. The minimum atomic E-state index is -3.38. The third kappa shape index (κ3) is 9.41. The Morgan fingerprint density at radius 1 is 0.959 bits per heavy atom. The number of hydrogen-bond acceptors (Lipinski definition) is 7. The largest absolute Gasteiger partial charge is 0.347 e. The molecule has 0 spiro atoms. The molecule has 3 unspecified atom stereocenters. The standard InChI is InChI=1S/C34H55Cl2N5O7S/c1-6-7-12-23(26(42)30(44)37-21-14-15-21)38-29(43)25-20(2)22(28(35)36)19-41(25)31(45)27(33(3,4)5)39-32(46)40-34(16-9-8-10-17-34)24-13-11-18-49(24,47)48/h20-25,27-28H,6-19H2,1-5H3,(H,37,44)(H,38,43)(H2,39,40,46)/t20?,22?,23-,24?,25-,27+/m0/s1. The van der Waals surface area contributed by atoms with Crippen molar-refractivity contribution in [2.45, 2.75) is 151 Å². The molecule has 4 aliphatic rings. The van der Waals surface area contributed by atoms with Gasteiger partial charge in [0, 0.05) is 18.5 Å². The maximum absolute atomic E-state index is 14.5. The van der Waals surface area contributed by atoms with E-state index in [4.69, 9.17) is 23.2 Å². The van der Waals surface area contributed by atoms with Crippen LogP contribution in [0.4, 0.5) is 4.79 Å². The molecule has 4 N–H and O–H groups in total. The van der Waals surface area contributed by atoms with Crippen LogP contribution in [-0.2, 0) is 29.0 Å². The summed E-state index contributed by atoms with van der Waals surface area (Å²) < 4.78 is 26.1. The van der Waals surface area contributed by atoms with E-state index < -0.39 is 90.4 Å². The summed E-state index contributed by atoms with van der Waals surface area (Å²) in [6.07, 6.45) is 7.86. The Labute approximate surface area is 301 Å². The molecule has 0 aromatic rings. The Hall–Kier alpha value is -2.12. The molecule has 0 bridgehead atoms. The number of urea groups is 1. The number of carbonyl (C=O) groups excluding carboxylic acids is 5. The predicted molar refractivity (Wildman–Crippen MR) is 189 cm³/mol. The molecular formula is C34H55Cl2N5O7S. The topological polar surface area (TPSA) is 171 Å². The molecule has 2 aliphatic heterocycles. The summed E-state index contributed by atoms with van der Waals surface area (Å²) in [6.45, 7) is 9.13. The Morgan fingerprint density at radius 3 is 2.14 bits per heavy atom. The number of unbranched alkanes of at least 4 members (excludes halogenated alkanes) is 1. The highest BCUT2D eigenvalue weighted by atomic mass is 35.5. The fraction of sp³-hybridized carbons (Fsp3) is 0.853. The van der Waals surface area contributed by atoms with E-state index in [0.717, 1.165) is 38.5 Å². The third-order valence-electron chi connectivity index (χ3n) is 10.8. The van der Waals surface area contributed by atoms with Crippen molar-refractivity contribution in [3.8, 4) is 0 Å². The van der Waals surface area contributed by atoms with Crippen LogP contribution in [0.5, 0.6) is 0 Å². The molecule has 0 aromatic carbocycles. The van der Waals surface area contributed by atoms with Gasteiger partial charge in [-0.1, -0.05) is 66.7 Å². The van der Waals surface area contributed by atoms with E-state index in [1.807, 2.05) is 6.92 Å². The summed E-state index contributed by atoms with van der Waals surface area (Å²) in [7, 11) is -3.38. The number of amides is 5. The van der Waals surface area contributed by atoms with Crippen molar-refractivity contribution in [2.24, 2.45) is 17.3 Å². The zero-order chi connectivity index (χ0) is 36.3. The van der Waals surface area contributed by atoms with Crippen LogP contribution in [-0.4, -0.2) is 94.9 Å². The van der Waals surface area contributed by atoms with Crippen molar-refractivity contribution in [1.29, 1.82) is 0 Å². The first-order valence-corrected chi connectivity index (χ1v) is 20.5. The van der Waals surface area contributed by atoms with Gasteiger partial charge in [-0.3, -0.25) is 19.2 Å². The van der Waals surface area contributed by atoms with Crippen molar-refractivity contribution in [1.82, 2.24) is 26.2 Å². The van der Waals surface area contributed by atoms with Gasteiger partial charge in [0.2, 0.25) is 17.6 Å². The van der Waals surface area contributed by atoms with Gasteiger partial charge in [-0.2, -0.15) is 0 Å². The lowest BCUT2D eigenvalue weighted by Gasteiger charge is -2.43. The second-order valence-corrected chi connectivity index (χ2v) is 19.2. The number of ketones is 1. The molecule has 278 valence electrons. The maximum atomic E-state index is 14.5. The van der Waals surface area contributed by atoms with Crippen LogP contribution in [0, 0.1) is 17.3 Å². The predicted octanol–water partition coefficient (Wildman–Crippen LogP) is 3.77. The van der Waals surface area contributed by atoms with Crippen LogP contribution < -0.4 is 21.3 Å². The molecular weight excluding hydrogens is 693 g/mol. The second-order valence-electron chi connectivity index (χ2n) is 15.7. The first kappa shape index (κ1) is 39.7. The van der Waals surface area contributed by atoms with Gasteiger partial charge in [0.05, 0.1) is 22.6 Å². The van der Waals surface area contributed by atoms with Crippen LogP contribution in [0.3, 0.4) is 0 Å². The molecule has 49 heavy (non-hydrogen) atoms. The van der Waals surface area contributed by atoms with E-state index >= 15 is 0 Å². The number of sulfone groups is 1. The number of alkyl halides is 2. The van der Waals surface area contributed by atoms with E-state index in [9.17, 15) is 32.4 Å². The zero-order valence-corrected chi connectivity index (χ0v) is 31.8. The van der Waals surface area contributed by atoms with Crippen LogP contribution >= 0.6 is 23.2 Å². The highest BCUT2D eigenvalue weighted by Gasteiger charge is 2.53. The SMILES string of the molecule is CCCC[C@H](NC(=O)[C@@H]1C(C)C(C(Cl)Cl)CN1C(=O)[C@@H](NC(=O)NC1(C2CCCS2(=O)=O)CCCCC1)C(C)(C)C)C(=O)C(=O)NC1CC1. The average Bonchev–Trinajstić information content (AvgIpc) is 3.65. The Bertz CT molecular complexity index is 1360. The minimum Gasteiger partial charge on any atom is -0.347 e. The summed E-state index contributed by atoms with van der Waals surface area (Å²) in [5.74, 6) is -3.50. The van der Waals surface area contributed by atoms with Crippen LogP contribution in [0.1, 0.15) is 112 Å². The highest BCUT2D eigenvalue weighted by molar-refractivity contribution is 7.92. The smallest absolute Gasteiger partial charge is 0.315 e. The number of hydrogen-bond donors (Lipinski definition) is 4. The average molecular weight is 749 g/mol. The normalized spacial score (nSPS) is 27.6. The summed E-state index contributed by atoms with van der Waals surface area (Å²) in [4.78, 5) is 68.7. The van der Waals surface area contributed by atoms with Crippen molar-refractivity contribution in [3.63, 3.8) is 0 Å². The second kappa shape index (κ2) is 16.0. The van der Waals surface area contributed by atoms with Crippen molar-refractivity contribution < 1.29 is 32.4 Å². The van der Waals surface area contributed by atoms with Crippen molar-refractivity contribution in [3.05, 3.63) is 0 Å². The number of likely N-dealkylation sites (tertiary alicyclic amines) is 1. The molecule has 2 aliphatic carbocycles. The van der Waals surface area contributed by atoms with Gasteiger partial charge in [-0.15, -0.1) is 23.2 Å². The van der Waals surface area contributed by atoms with Crippen LogP contribution in [0.15, 0.2) is 0 Å². The summed E-state index contributed by atoms with van der Waals surface area (Å²) in [5.41, 5.74) is -1.74. The number of nitrogens with one attached hydrogen (secondary N) is 4. The summed E-state index contributed by atoms with van der Waals surface area (Å²) >= 11 is 12.7. The lowest BCUT2D eigenvalue weighted by molar-refractivity contribution is -0.144. The number of halogens is 2. The van der Waals surface area contributed by atoms with Crippen molar-refractivity contribution in [2.75, 3.05) is 12.3 Å². The molecule has 0 radical (unpaired) electrons. The fourth-order valence-electron chi connectivity index (χ4n) is 7.85. The van der Waals surface area contributed by atoms with E-state index in [-0.39, 0.29) is 24.8 Å². The first-order valence-electron chi connectivity index (χ1n) is 18.0. The van der Waals surface area contributed by atoms with E-state index in [0.29, 0.717) is 32.1 Å². The van der Waals surface area contributed by atoms with E-state index in [2.05, 4.69) is 21.3 Å². The fourth-order valence-corrected chi connectivity index (χ4v) is 10.8. The molecule has 6 atom stereocenters. The lowest BCUT2D eigenvalue weighted by Crippen LogP contribution is -2.65. The molecule has 12 nitrogen and oxygen atoms in total. The Balaban J connectivity index is 1.57.